The summed E-state index contributed by atoms with van der Waals surface area (Å²) in [6.45, 7) is 2.33. The standard InChI is InChI=1S/C23H24F6N6/c1-21(30-2)33-18-10-13-35(20-17(23(27,28)29)4-3-11-31-20)12-9-16(18)19(34-21)32-15-7-5-14(6-8-15)22(24,25)26/h3-8,11,30,33H,9-10,12-13H2,1-2H3,(H,32,34). The maximum absolute atomic E-state index is 13.6. The van der Waals surface area contributed by atoms with E-state index in [1.54, 1.807) is 18.9 Å². The first kappa shape index (κ1) is 24.8. The van der Waals surface area contributed by atoms with Crippen LogP contribution in [0.5, 0.6) is 0 Å². The number of aliphatic imine (C=N–C) groups is 1. The number of hydrogen-bond donors (Lipinski definition) is 3. The second kappa shape index (κ2) is 9.06. The maximum atomic E-state index is 13.6. The highest BCUT2D eigenvalue weighted by Crippen LogP contribution is 2.37. The van der Waals surface area contributed by atoms with Gasteiger partial charge in [0.25, 0.3) is 0 Å². The van der Waals surface area contributed by atoms with E-state index in [2.05, 4.69) is 25.9 Å². The average Bonchev–Trinajstić information content (AvgIpc) is 3.01. The number of alkyl halides is 6. The van der Waals surface area contributed by atoms with Crippen LogP contribution >= 0.6 is 0 Å². The van der Waals surface area contributed by atoms with Crippen molar-refractivity contribution in [2.24, 2.45) is 4.99 Å². The van der Waals surface area contributed by atoms with E-state index >= 15 is 0 Å². The molecule has 35 heavy (non-hydrogen) atoms. The van der Waals surface area contributed by atoms with Gasteiger partial charge in [-0.3, -0.25) is 5.32 Å². The largest absolute Gasteiger partial charge is 0.419 e. The van der Waals surface area contributed by atoms with E-state index in [9.17, 15) is 26.3 Å². The molecule has 0 amide bonds. The van der Waals surface area contributed by atoms with Crippen LogP contribution in [0.4, 0.5) is 37.8 Å². The van der Waals surface area contributed by atoms with Crippen molar-refractivity contribution >= 4 is 17.3 Å². The second-order valence-corrected chi connectivity index (χ2v) is 8.42. The SMILES string of the molecule is CNC1(C)N=C(Nc2ccc(C(F)(F)F)cc2)C2=C(CCN(c3ncccc3C(F)(F)F)CC2)N1. The molecule has 0 spiro atoms. The van der Waals surface area contributed by atoms with Crippen molar-refractivity contribution in [3.63, 3.8) is 0 Å². The smallest absolute Gasteiger partial charge is 0.355 e. The van der Waals surface area contributed by atoms with E-state index in [4.69, 9.17) is 0 Å². The summed E-state index contributed by atoms with van der Waals surface area (Å²) in [4.78, 5) is 10.3. The molecule has 1 unspecified atom stereocenters. The van der Waals surface area contributed by atoms with E-state index in [0.717, 1.165) is 29.5 Å². The zero-order valence-electron chi connectivity index (χ0n) is 19.0. The first-order chi connectivity index (χ1) is 16.4. The van der Waals surface area contributed by atoms with Crippen molar-refractivity contribution in [1.82, 2.24) is 15.6 Å². The Balaban J connectivity index is 1.61. The Kier molecular flexibility index (Phi) is 6.43. The number of pyridine rings is 1. The fourth-order valence-electron chi connectivity index (χ4n) is 4.10. The van der Waals surface area contributed by atoms with E-state index in [1.165, 1.54) is 24.4 Å². The summed E-state index contributed by atoms with van der Waals surface area (Å²) in [7, 11) is 1.70. The molecule has 2 aromatic rings. The van der Waals surface area contributed by atoms with Gasteiger partial charge in [-0.2, -0.15) is 26.3 Å². The molecule has 3 heterocycles. The normalized spacial score (nSPS) is 21.1. The van der Waals surface area contributed by atoms with Crippen molar-refractivity contribution in [1.29, 1.82) is 0 Å². The highest BCUT2D eigenvalue weighted by Gasteiger charge is 2.37. The van der Waals surface area contributed by atoms with E-state index in [0.29, 0.717) is 30.9 Å². The summed E-state index contributed by atoms with van der Waals surface area (Å²) in [5, 5.41) is 9.46. The van der Waals surface area contributed by atoms with Gasteiger partial charge in [0.15, 0.2) is 5.79 Å². The molecule has 1 aromatic heterocycles. The van der Waals surface area contributed by atoms with Gasteiger partial charge in [0.1, 0.15) is 11.7 Å². The van der Waals surface area contributed by atoms with E-state index in [-0.39, 0.29) is 12.4 Å². The minimum absolute atomic E-state index is 0.134. The fourth-order valence-corrected chi connectivity index (χ4v) is 4.10. The van der Waals surface area contributed by atoms with Crippen LogP contribution in [0.1, 0.15) is 30.9 Å². The quantitative estimate of drug-likeness (QED) is 0.521. The molecule has 1 atom stereocenters. The Morgan fingerprint density at radius 1 is 0.971 bits per heavy atom. The highest BCUT2D eigenvalue weighted by atomic mass is 19.4. The summed E-state index contributed by atoms with van der Waals surface area (Å²) >= 11 is 0. The number of nitrogens with one attached hydrogen (secondary N) is 3. The van der Waals surface area contributed by atoms with Gasteiger partial charge < -0.3 is 15.5 Å². The highest BCUT2D eigenvalue weighted by molar-refractivity contribution is 6.09. The lowest BCUT2D eigenvalue weighted by atomic mass is 10.0. The van der Waals surface area contributed by atoms with Crippen LogP contribution in [0.25, 0.3) is 0 Å². The molecule has 188 valence electrons. The summed E-state index contributed by atoms with van der Waals surface area (Å²) in [6.07, 6.45) is -6.91. The lowest BCUT2D eigenvalue weighted by molar-refractivity contribution is -0.138. The molecule has 4 rings (SSSR count). The van der Waals surface area contributed by atoms with Crippen molar-refractivity contribution in [3.8, 4) is 0 Å². The lowest BCUT2D eigenvalue weighted by Crippen LogP contribution is -2.54. The molecule has 12 heteroatoms. The van der Waals surface area contributed by atoms with Gasteiger partial charge >= 0.3 is 12.4 Å². The van der Waals surface area contributed by atoms with Crippen LogP contribution in [0.2, 0.25) is 0 Å². The predicted molar refractivity (Wildman–Crippen MR) is 121 cm³/mol. The van der Waals surface area contributed by atoms with Gasteiger partial charge in [-0.25, -0.2) is 9.98 Å². The van der Waals surface area contributed by atoms with Gasteiger partial charge in [-0.05, 0) is 56.8 Å². The molecular formula is C23H24F6N6. The van der Waals surface area contributed by atoms with Gasteiger partial charge in [-0.15, -0.1) is 0 Å². The number of benzene rings is 1. The average molecular weight is 498 g/mol. The number of anilines is 2. The Hall–Kier alpha value is -3.28. The molecule has 0 saturated heterocycles. The summed E-state index contributed by atoms with van der Waals surface area (Å²) in [5.74, 6) is -0.607. The lowest BCUT2D eigenvalue weighted by Gasteiger charge is -2.35. The first-order valence-corrected chi connectivity index (χ1v) is 10.9. The number of rotatable bonds is 3. The minimum Gasteiger partial charge on any atom is -0.355 e. The molecule has 0 radical (unpaired) electrons. The monoisotopic (exact) mass is 498 g/mol. The first-order valence-electron chi connectivity index (χ1n) is 10.9. The molecule has 2 aliphatic heterocycles. The van der Waals surface area contributed by atoms with Crippen LogP contribution in [0.15, 0.2) is 58.9 Å². The maximum Gasteiger partial charge on any atom is 0.419 e. The molecular weight excluding hydrogens is 474 g/mol. The fraction of sp³-hybridized carbons (Fsp3) is 0.391. The van der Waals surface area contributed by atoms with Gasteiger partial charge in [0, 0.05) is 42.7 Å². The van der Waals surface area contributed by atoms with Crippen LogP contribution in [-0.2, 0) is 12.4 Å². The minimum atomic E-state index is -4.54. The number of nitrogens with zero attached hydrogens (tertiary/aromatic N) is 3. The molecule has 2 aliphatic rings. The van der Waals surface area contributed by atoms with Gasteiger partial charge in [0.05, 0.1) is 11.1 Å². The van der Waals surface area contributed by atoms with Crippen LogP contribution in [0, 0.1) is 0 Å². The predicted octanol–water partition coefficient (Wildman–Crippen LogP) is 4.98. The van der Waals surface area contributed by atoms with Crippen LogP contribution in [-0.4, -0.2) is 36.7 Å². The third-order valence-corrected chi connectivity index (χ3v) is 6.00. The molecule has 3 N–H and O–H groups in total. The van der Waals surface area contributed by atoms with Gasteiger partial charge in [-0.1, -0.05) is 0 Å². The van der Waals surface area contributed by atoms with Crippen molar-refractivity contribution < 1.29 is 26.3 Å². The molecule has 1 aromatic carbocycles. The van der Waals surface area contributed by atoms with Crippen molar-refractivity contribution in [2.75, 3.05) is 30.4 Å². The summed E-state index contributed by atoms with van der Waals surface area (Å²) < 4.78 is 79.4. The van der Waals surface area contributed by atoms with Crippen LogP contribution in [0.3, 0.4) is 0 Å². The molecule has 0 saturated carbocycles. The van der Waals surface area contributed by atoms with Crippen molar-refractivity contribution in [2.45, 2.75) is 37.9 Å². The Morgan fingerprint density at radius 2 is 1.66 bits per heavy atom. The topological polar surface area (TPSA) is 64.6 Å². The molecule has 0 aliphatic carbocycles. The van der Waals surface area contributed by atoms with E-state index < -0.39 is 29.3 Å². The number of amidine groups is 1. The number of aromatic nitrogens is 1. The Morgan fingerprint density at radius 3 is 2.29 bits per heavy atom. The summed E-state index contributed by atoms with van der Waals surface area (Å²) in [6, 6.07) is 6.85. The third kappa shape index (κ3) is 5.37. The number of hydrogen-bond acceptors (Lipinski definition) is 6. The van der Waals surface area contributed by atoms with Gasteiger partial charge in [0.2, 0.25) is 0 Å². The molecule has 6 nitrogen and oxygen atoms in total. The summed E-state index contributed by atoms with van der Waals surface area (Å²) in [5.41, 5.74) is 0.387. The van der Waals surface area contributed by atoms with E-state index in [1.807, 2.05) is 0 Å². The molecule has 0 fully saturated rings. The van der Waals surface area contributed by atoms with Crippen molar-refractivity contribution in [3.05, 3.63) is 65.0 Å². The molecule has 0 bridgehead atoms. The number of halogens is 6. The Labute approximate surface area is 198 Å². The Bertz CT molecular complexity index is 1140. The zero-order chi connectivity index (χ0) is 25.4. The second-order valence-electron chi connectivity index (χ2n) is 8.42. The third-order valence-electron chi connectivity index (χ3n) is 6.00. The van der Waals surface area contributed by atoms with Crippen LogP contribution < -0.4 is 20.9 Å². The zero-order valence-corrected chi connectivity index (χ0v) is 19.0.